The average Bonchev–Trinajstić information content (AvgIpc) is 3.00. The number of aliphatic carboxylic acids is 1. The van der Waals surface area contributed by atoms with Gasteiger partial charge in [0.05, 0.1) is 5.92 Å². The lowest BCUT2D eigenvalue weighted by atomic mass is 9.86. The zero-order valence-corrected chi connectivity index (χ0v) is 13.3. The van der Waals surface area contributed by atoms with Crippen LogP contribution >= 0.6 is 0 Å². The Morgan fingerprint density at radius 3 is 2.29 bits per heavy atom. The number of carbonyl (C=O) groups is 2. The summed E-state index contributed by atoms with van der Waals surface area (Å²) in [5.74, 6) is -5.07. The van der Waals surface area contributed by atoms with Gasteiger partial charge in [0.1, 0.15) is 0 Å². The lowest BCUT2D eigenvalue weighted by molar-refractivity contribution is -0.142. The van der Waals surface area contributed by atoms with Gasteiger partial charge in [-0.3, -0.25) is 9.59 Å². The highest BCUT2D eigenvalue weighted by Gasteiger charge is 2.44. The number of carbonyl (C=O) groups excluding carboxylic acids is 1. The number of hydrogen-bond acceptors (Lipinski definition) is 2. The normalized spacial score (nSPS) is 27.2. The number of alkyl halides is 2. The molecule has 24 heavy (non-hydrogen) atoms. The van der Waals surface area contributed by atoms with Crippen LogP contribution < -0.4 is 0 Å². The van der Waals surface area contributed by atoms with E-state index < -0.39 is 23.7 Å². The second-order valence-corrected chi connectivity index (χ2v) is 6.84. The van der Waals surface area contributed by atoms with Crippen LogP contribution in [-0.2, 0) is 9.59 Å². The van der Waals surface area contributed by atoms with Gasteiger partial charge in [-0.1, -0.05) is 30.3 Å². The number of nitrogens with zero attached hydrogens (tertiary/aromatic N) is 1. The lowest BCUT2D eigenvalue weighted by Crippen LogP contribution is -2.38. The molecule has 3 rings (SSSR count). The minimum atomic E-state index is -2.67. The fourth-order valence-electron chi connectivity index (χ4n) is 3.82. The van der Waals surface area contributed by atoms with Crippen molar-refractivity contribution >= 4 is 11.9 Å². The van der Waals surface area contributed by atoms with Crippen LogP contribution in [0.1, 0.15) is 37.2 Å². The Balaban J connectivity index is 1.71. The topological polar surface area (TPSA) is 57.6 Å². The first-order chi connectivity index (χ1) is 11.4. The summed E-state index contributed by atoms with van der Waals surface area (Å²) < 4.78 is 26.5. The highest BCUT2D eigenvalue weighted by atomic mass is 19.3. The van der Waals surface area contributed by atoms with Gasteiger partial charge in [0.25, 0.3) is 0 Å². The number of carboxylic acid groups (broad SMARTS) is 1. The van der Waals surface area contributed by atoms with Crippen molar-refractivity contribution in [3.8, 4) is 0 Å². The van der Waals surface area contributed by atoms with Crippen molar-refractivity contribution in [3.63, 3.8) is 0 Å². The lowest BCUT2D eigenvalue weighted by Gasteiger charge is -2.30. The summed E-state index contributed by atoms with van der Waals surface area (Å²) >= 11 is 0. The van der Waals surface area contributed by atoms with E-state index in [1.807, 2.05) is 30.3 Å². The first-order valence-electron chi connectivity index (χ1n) is 8.32. The molecule has 2 atom stereocenters. The van der Waals surface area contributed by atoms with Crippen LogP contribution in [0, 0.1) is 11.8 Å². The number of rotatable bonds is 3. The van der Waals surface area contributed by atoms with Gasteiger partial charge in [0, 0.05) is 37.8 Å². The molecule has 1 aliphatic carbocycles. The Morgan fingerprint density at radius 1 is 1.08 bits per heavy atom. The van der Waals surface area contributed by atoms with Crippen molar-refractivity contribution in [3.05, 3.63) is 35.9 Å². The van der Waals surface area contributed by atoms with Crippen LogP contribution in [-0.4, -0.2) is 40.9 Å². The van der Waals surface area contributed by atoms with Crippen LogP contribution in [0.5, 0.6) is 0 Å². The number of likely N-dealkylation sites (tertiary alicyclic amines) is 1. The molecule has 1 heterocycles. The van der Waals surface area contributed by atoms with Gasteiger partial charge >= 0.3 is 5.97 Å². The minimum Gasteiger partial charge on any atom is -0.481 e. The van der Waals surface area contributed by atoms with Crippen LogP contribution in [0.3, 0.4) is 0 Å². The molecule has 6 heteroatoms. The van der Waals surface area contributed by atoms with Crippen molar-refractivity contribution in [1.82, 2.24) is 4.90 Å². The minimum absolute atomic E-state index is 0.153. The van der Waals surface area contributed by atoms with Crippen molar-refractivity contribution < 1.29 is 23.5 Å². The third-order valence-corrected chi connectivity index (χ3v) is 5.24. The molecule has 0 spiro atoms. The second kappa shape index (κ2) is 6.49. The van der Waals surface area contributed by atoms with Gasteiger partial charge < -0.3 is 10.0 Å². The van der Waals surface area contributed by atoms with E-state index in [0.717, 1.165) is 5.56 Å². The maximum Gasteiger partial charge on any atom is 0.308 e. The third kappa shape index (κ3) is 3.42. The van der Waals surface area contributed by atoms with E-state index in [1.165, 1.54) is 0 Å². The molecule has 1 aromatic rings. The standard InChI is InChI=1S/C18H21F2NO3/c19-18(20)8-6-13(7-9-18)16(22)21-10-14(15(11-21)17(23)24)12-4-2-1-3-5-12/h1-5,13-15H,6-11H2,(H,23,24). The van der Waals surface area contributed by atoms with E-state index in [1.54, 1.807) is 4.90 Å². The number of amides is 1. The van der Waals surface area contributed by atoms with Crippen LogP contribution in [0.4, 0.5) is 8.78 Å². The first-order valence-corrected chi connectivity index (χ1v) is 8.32. The van der Waals surface area contributed by atoms with Crippen LogP contribution in [0.2, 0.25) is 0 Å². The summed E-state index contributed by atoms with van der Waals surface area (Å²) in [5, 5.41) is 9.49. The van der Waals surface area contributed by atoms with Gasteiger partial charge in [0.2, 0.25) is 11.8 Å². The predicted octanol–water partition coefficient (Wildman–Crippen LogP) is 3.14. The Labute approximate surface area is 139 Å². The second-order valence-electron chi connectivity index (χ2n) is 6.84. The molecule has 0 radical (unpaired) electrons. The summed E-state index contributed by atoms with van der Waals surface area (Å²) in [6.45, 7) is 0.493. The Kier molecular flexibility index (Phi) is 4.56. The largest absolute Gasteiger partial charge is 0.481 e. The molecule has 1 saturated carbocycles. The van der Waals surface area contributed by atoms with Crippen LogP contribution in [0.15, 0.2) is 30.3 Å². The Hall–Kier alpha value is -1.98. The molecule has 1 amide bonds. The molecule has 1 aliphatic heterocycles. The third-order valence-electron chi connectivity index (χ3n) is 5.24. The van der Waals surface area contributed by atoms with Crippen molar-refractivity contribution in [1.29, 1.82) is 0 Å². The maximum absolute atomic E-state index is 13.3. The summed E-state index contributed by atoms with van der Waals surface area (Å²) in [6, 6.07) is 9.30. The molecule has 1 aromatic carbocycles. The van der Waals surface area contributed by atoms with Gasteiger partial charge in [-0.05, 0) is 18.4 Å². The summed E-state index contributed by atoms with van der Waals surface area (Å²) in [4.78, 5) is 25.8. The quantitative estimate of drug-likeness (QED) is 0.922. The monoisotopic (exact) mass is 337 g/mol. The molecule has 2 unspecified atom stereocenters. The van der Waals surface area contributed by atoms with E-state index in [-0.39, 0.29) is 44.1 Å². The van der Waals surface area contributed by atoms with E-state index in [4.69, 9.17) is 0 Å². The Morgan fingerprint density at radius 2 is 1.71 bits per heavy atom. The zero-order valence-electron chi connectivity index (χ0n) is 13.3. The molecule has 0 aromatic heterocycles. The highest BCUT2D eigenvalue weighted by Crippen LogP contribution is 2.39. The fraction of sp³-hybridized carbons (Fsp3) is 0.556. The molecular weight excluding hydrogens is 316 g/mol. The SMILES string of the molecule is O=C(O)C1CN(C(=O)C2CCC(F)(F)CC2)CC1c1ccccc1. The maximum atomic E-state index is 13.3. The van der Waals surface area contributed by atoms with E-state index in [2.05, 4.69) is 0 Å². The molecule has 0 bridgehead atoms. The van der Waals surface area contributed by atoms with Gasteiger partial charge in [-0.2, -0.15) is 0 Å². The molecule has 2 aliphatic rings. The van der Waals surface area contributed by atoms with E-state index in [0.29, 0.717) is 6.54 Å². The molecule has 4 nitrogen and oxygen atoms in total. The fourth-order valence-corrected chi connectivity index (χ4v) is 3.82. The molecule has 1 saturated heterocycles. The van der Waals surface area contributed by atoms with E-state index in [9.17, 15) is 23.5 Å². The van der Waals surface area contributed by atoms with E-state index >= 15 is 0 Å². The number of hydrogen-bond donors (Lipinski definition) is 1. The smallest absolute Gasteiger partial charge is 0.308 e. The van der Waals surface area contributed by atoms with Crippen LogP contribution in [0.25, 0.3) is 0 Å². The van der Waals surface area contributed by atoms with Crippen molar-refractivity contribution in [2.75, 3.05) is 13.1 Å². The molecular formula is C18H21F2NO3. The van der Waals surface area contributed by atoms with Gasteiger partial charge in [0.15, 0.2) is 0 Å². The number of carboxylic acids is 1. The summed E-state index contributed by atoms with van der Waals surface area (Å²) in [7, 11) is 0. The Bertz CT molecular complexity index is 610. The van der Waals surface area contributed by atoms with Gasteiger partial charge in [-0.25, -0.2) is 8.78 Å². The summed E-state index contributed by atoms with van der Waals surface area (Å²) in [6.07, 6.45) is -0.171. The van der Waals surface area contributed by atoms with Crippen molar-refractivity contribution in [2.24, 2.45) is 11.8 Å². The average molecular weight is 337 g/mol. The highest BCUT2D eigenvalue weighted by molar-refractivity contribution is 5.81. The number of benzene rings is 1. The molecule has 1 N–H and O–H groups in total. The number of halogens is 2. The zero-order chi connectivity index (χ0) is 17.3. The predicted molar refractivity (Wildman–Crippen MR) is 83.8 cm³/mol. The molecule has 130 valence electrons. The van der Waals surface area contributed by atoms with Crippen molar-refractivity contribution in [2.45, 2.75) is 37.5 Å². The summed E-state index contributed by atoms with van der Waals surface area (Å²) in [5.41, 5.74) is 0.898. The molecule has 2 fully saturated rings. The first kappa shape index (κ1) is 16.9. The van der Waals surface area contributed by atoms with Gasteiger partial charge in [-0.15, -0.1) is 0 Å².